The number of carboxylic acid groups (broad SMARTS) is 1. The first kappa shape index (κ1) is 11.0. The summed E-state index contributed by atoms with van der Waals surface area (Å²) in [5.41, 5.74) is 0.0656. The zero-order valence-electron chi connectivity index (χ0n) is 7.67. The molecule has 1 aromatic rings. The van der Waals surface area contributed by atoms with E-state index in [1.54, 1.807) is 7.05 Å². The Kier molecular flexibility index (Phi) is 3.50. The number of hydrogen-bond acceptors (Lipinski definition) is 4. The van der Waals surface area contributed by atoms with Crippen molar-refractivity contribution in [3.05, 3.63) is 15.2 Å². The normalized spacial score (nSPS) is 9.64. The van der Waals surface area contributed by atoms with Gasteiger partial charge in [0.1, 0.15) is 11.4 Å². The fourth-order valence-electron chi connectivity index (χ4n) is 0.956. The number of hydrogen-bond donors (Lipinski definition) is 2. The first-order chi connectivity index (χ1) is 6.60. The van der Waals surface area contributed by atoms with E-state index in [2.05, 4.69) is 10.3 Å². The molecule has 1 rings (SSSR count). The number of methoxy groups -OCH3 is 1. The molecule has 0 saturated carbocycles. The minimum atomic E-state index is -1.05. The van der Waals surface area contributed by atoms with Gasteiger partial charge in [-0.25, -0.2) is 4.79 Å². The summed E-state index contributed by atoms with van der Waals surface area (Å²) in [5.74, 6) is -0.329. The Labute approximate surface area is 94.6 Å². The maximum absolute atomic E-state index is 10.8. The average Bonchev–Trinajstić information content (AvgIpc) is 2.17. The van der Waals surface area contributed by atoms with E-state index in [0.29, 0.717) is 5.82 Å². The lowest BCUT2D eigenvalue weighted by molar-refractivity contribution is 0.0692. The SMILES string of the molecule is CNc1nc(OC)c(C(=O)O)cc1I. The zero-order chi connectivity index (χ0) is 10.7. The van der Waals surface area contributed by atoms with E-state index in [4.69, 9.17) is 9.84 Å². The van der Waals surface area contributed by atoms with Gasteiger partial charge >= 0.3 is 5.97 Å². The van der Waals surface area contributed by atoms with Crippen molar-refractivity contribution in [3.8, 4) is 5.88 Å². The topological polar surface area (TPSA) is 71.5 Å². The summed E-state index contributed by atoms with van der Waals surface area (Å²) >= 11 is 2.01. The van der Waals surface area contributed by atoms with Gasteiger partial charge in [-0.2, -0.15) is 4.98 Å². The van der Waals surface area contributed by atoms with Crippen LogP contribution in [-0.2, 0) is 0 Å². The minimum Gasteiger partial charge on any atom is -0.480 e. The van der Waals surface area contributed by atoms with Crippen LogP contribution in [0, 0.1) is 3.57 Å². The lowest BCUT2D eigenvalue weighted by atomic mass is 10.2. The van der Waals surface area contributed by atoms with Crippen LogP contribution in [-0.4, -0.2) is 30.2 Å². The Morgan fingerprint density at radius 3 is 2.79 bits per heavy atom. The predicted molar refractivity (Wildman–Crippen MR) is 60.0 cm³/mol. The average molecular weight is 308 g/mol. The molecule has 0 saturated heterocycles. The molecule has 0 aliphatic heterocycles. The summed E-state index contributed by atoms with van der Waals surface area (Å²) in [4.78, 5) is 14.8. The first-order valence-corrected chi connectivity index (χ1v) is 4.83. The lowest BCUT2D eigenvalue weighted by Gasteiger charge is -2.08. The Morgan fingerprint density at radius 1 is 1.71 bits per heavy atom. The first-order valence-electron chi connectivity index (χ1n) is 3.75. The van der Waals surface area contributed by atoms with Crippen LogP contribution < -0.4 is 10.1 Å². The van der Waals surface area contributed by atoms with Crippen molar-refractivity contribution in [2.45, 2.75) is 0 Å². The molecule has 0 aromatic carbocycles. The highest BCUT2D eigenvalue weighted by Crippen LogP contribution is 2.23. The number of pyridine rings is 1. The summed E-state index contributed by atoms with van der Waals surface area (Å²) in [5, 5.41) is 11.7. The van der Waals surface area contributed by atoms with E-state index in [-0.39, 0.29) is 11.4 Å². The molecule has 76 valence electrons. The van der Waals surface area contributed by atoms with E-state index in [1.165, 1.54) is 13.2 Å². The maximum atomic E-state index is 10.8. The van der Waals surface area contributed by atoms with Gasteiger partial charge < -0.3 is 15.2 Å². The monoisotopic (exact) mass is 308 g/mol. The number of aromatic carboxylic acids is 1. The summed E-state index contributed by atoms with van der Waals surface area (Å²) in [6.07, 6.45) is 0. The molecule has 0 unspecified atom stereocenters. The third kappa shape index (κ3) is 2.06. The number of rotatable bonds is 3. The molecule has 0 radical (unpaired) electrons. The quantitative estimate of drug-likeness (QED) is 0.827. The molecule has 0 aliphatic rings. The molecule has 0 atom stereocenters. The van der Waals surface area contributed by atoms with Gasteiger partial charge in [-0.1, -0.05) is 0 Å². The van der Waals surface area contributed by atoms with E-state index in [1.807, 2.05) is 22.6 Å². The number of carboxylic acids is 1. The van der Waals surface area contributed by atoms with Crippen molar-refractivity contribution < 1.29 is 14.6 Å². The van der Waals surface area contributed by atoms with E-state index >= 15 is 0 Å². The molecule has 0 fully saturated rings. The molecule has 5 nitrogen and oxygen atoms in total. The Morgan fingerprint density at radius 2 is 2.36 bits per heavy atom. The second kappa shape index (κ2) is 4.45. The molecule has 6 heteroatoms. The highest BCUT2D eigenvalue weighted by atomic mass is 127. The van der Waals surface area contributed by atoms with Gasteiger partial charge in [0.05, 0.1) is 10.7 Å². The molecule has 1 heterocycles. The number of anilines is 1. The van der Waals surface area contributed by atoms with Crippen LogP contribution >= 0.6 is 22.6 Å². The van der Waals surface area contributed by atoms with Gasteiger partial charge in [-0.3, -0.25) is 0 Å². The highest BCUT2D eigenvalue weighted by Gasteiger charge is 2.15. The van der Waals surface area contributed by atoms with Gasteiger partial charge in [-0.15, -0.1) is 0 Å². The van der Waals surface area contributed by atoms with Crippen molar-refractivity contribution in [2.75, 3.05) is 19.5 Å². The number of carbonyl (C=O) groups is 1. The number of nitrogens with zero attached hydrogens (tertiary/aromatic N) is 1. The summed E-state index contributed by atoms with van der Waals surface area (Å²) in [7, 11) is 3.10. The number of halogens is 1. The maximum Gasteiger partial charge on any atom is 0.341 e. The van der Waals surface area contributed by atoms with Crippen molar-refractivity contribution in [2.24, 2.45) is 0 Å². The van der Waals surface area contributed by atoms with Crippen LogP contribution in [0.25, 0.3) is 0 Å². The largest absolute Gasteiger partial charge is 0.480 e. The van der Waals surface area contributed by atoms with Gasteiger partial charge in [0.15, 0.2) is 0 Å². The fourth-order valence-corrected chi connectivity index (χ4v) is 1.66. The smallest absolute Gasteiger partial charge is 0.341 e. The molecular formula is C8H9IN2O3. The Balaban J connectivity index is 3.31. The van der Waals surface area contributed by atoms with Crippen LogP contribution in [0.15, 0.2) is 6.07 Å². The molecule has 0 aliphatic carbocycles. The summed E-state index contributed by atoms with van der Waals surface area (Å²) in [6.45, 7) is 0. The fraction of sp³-hybridized carbons (Fsp3) is 0.250. The van der Waals surface area contributed by atoms with Crippen molar-refractivity contribution >= 4 is 34.4 Å². The predicted octanol–water partition coefficient (Wildman–Crippen LogP) is 1.43. The third-order valence-electron chi connectivity index (χ3n) is 1.60. The zero-order valence-corrected chi connectivity index (χ0v) is 9.82. The minimum absolute atomic E-state index is 0.0656. The Bertz CT molecular complexity index is 368. The van der Waals surface area contributed by atoms with Crippen LogP contribution in [0.4, 0.5) is 5.82 Å². The molecule has 0 bridgehead atoms. The second-order valence-corrected chi connectivity index (χ2v) is 3.59. The lowest BCUT2D eigenvalue weighted by Crippen LogP contribution is -2.06. The van der Waals surface area contributed by atoms with Gasteiger partial charge in [0.25, 0.3) is 0 Å². The number of aromatic nitrogens is 1. The van der Waals surface area contributed by atoms with Gasteiger partial charge in [-0.05, 0) is 28.7 Å². The van der Waals surface area contributed by atoms with Crippen molar-refractivity contribution in [1.29, 1.82) is 0 Å². The molecule has 2 N–H and O–H groups in total. The van der Waals surface area contributed by atoms with Crippen molar-refractivity contribution in [3.63, 3.8) is 0 Å². The second-order valence-electron chi connectivity index (χ2n) is 2.43. The van der Waals surface area contributed by atoms with Crippen LogP contribution in [0.1, 0.15) is 10.4 Å². The number of nitrogens with one attached hydrogen (secondary N) is 1. The summed E-state index contributed by atoms with van der Waals surface area (Å²) in [6, 6.07) is 1.51. The number of ether oxygens (including phenoxy) is 1. The Hall–Kier alpha value is -1.05. The standard InChI is InChI=1S/C8H9IN2O3/c1-10-6-5(9)3-4(8(12)13)7(11-6)14-2/h3H,1-2H3,(H,10,11)(H,12,13). The molecule has 0 spiro atoms. The van der Waals surface area contributed by atoms with Crippen LogP contribution in [0.2, 0.25) is 0 Å². The van der Waals surface area contributed by atoms with E-state index in [9.17, 15) is 4.79 Å². The summed E-state index contributed by atoms with van der Waals surface area (Å²) < 4.78 is 5.61. The van der Waals surface area contributed by atoms with E-state index in [0.717, 1.165) is 3.57 Å². The highest BCUT2D eigenvalue weighted by molar-refractivity contribution is 14.1. The van der Waals surface area contributed by atoms with E-state index < -0.39 is 5.97 Å². The molecule has 14 heavy (non-hydrogen) atoms. The van der Waals surface area contributed by atoms with Gasteiger partial charge in [0, 0.05) is 7.05 Å². The molecular weight excluding hydrogens is 299 g/mol. The van der Waals surface area contributed by atoms with Gasteiger partial charge in [0.2, 0.25) is 5.88 Å². The third-order valence-corrected chi connectivity index (χ3v) is 2.42. The van der Waals surface area contributed by atoms with Crippen molar-refractivity contribution in [1.82, 2.24) is 4.98 Å². The van der Waals surface area contributed by atoms with Crippen LogP contribution in [0.3, 0.4) is 0 Å². The molecule has 0 amide bonds. The molecule has 1 aromatic heterocycles. The van der Waals surface area contributed by atoms with Crippen LogP contribution in [0.5, 0.6) is 5.88 Å².